The maximum atomic E-state index is 9.31. The van der Waals surface area contributed by atoms with Crippen LogP contribution in [0.5, 0.6) is 0 Å². The van der Waals surface area contributed by atoms with E-state index in [1.807, 2.05) is 0 Å². The molecule has 0 aromatic heterocycles. The van der Waals surface area contributed by atoms with Crippen LogP contribution in [0.2, 0.25) is 0 Å². The Balaban J connectivity index is 4.74. The molecule has 4 heteroatoms. The highest BCUT2D eigenvalue weighted by atomic mass is 31.2. The summed E-state index contributed by atoms with van der Waals surface area (Å²) in [5.41, 5.74) is 4.30. The maximum absolute atomic E-state index is 9.31. The van der Waals surface area contributed by atoms with E-state index in [0.29, 0.717) is 0 Å². The molecule has 3 nitrogen and oxygen atoms in total. The molecule has 0 heterocycles. The number of rotatable bonds is 17. The van der Waals surface area contributed by atoms with Gasteiger partial charge in [0.15, 0.2) is 0 Å². The van der Waals surface area contributed by atoms with Gasteiger partial charge < -0.3 is 15.3 Å². The molecule has 0 aromatic carbocycles. The van der Waals surface area contributed by atoms with E-state index in [2.05, 4.69) is 45.9 Å². The van der Waals surface area contributed by atoms with E-state index in [9.17, 15) is 15.3 Å². The lowest BCUT2D eigenvalue weighted by atomic mass is 10.1. The largest absolute Gasteiger partial charge is 0.396 e. The molecular weight excluding hydrogens is 367 g/mol. The van der Waals surface area contributed by atoms with Crippen molar-refractivity contribution in [2.24, 2.45) is 0 Å². The molecule has 0 atom stereocenters. The van der Waals surface area contributed by atoms with Crippen molar-refractivity contribution in [2.45, 2.75) is 72.6 Å². The first-order valence-electron chi connectivity index (χ1n) is 11.0. The van der Waals surface area contributed by atoms with Crippen LogP contribution in [0, 0.1) is 0 Å². The molecule has 0 unspecified atom stereocenters. The summed E-state index contributed by atoms with van der Waals surface area (Å²) in [6.45, 7) is 9.46. The third-order valence-electron chi connectivity index (χ3n) is 5.32. The molecule has 0 saturated heterocycles. The fourth-order valence-corrected chi connectivity index (χ4v) is 7.87. The molecule has 0 aliphatic rings. The second-order valence-corrected chi connectivity index (χ2v) is 12.8. The Bertz CT molecular complexity index is 454. The van der Waals surface area contributed by atoms with E-state index in [1.165, 1.54) is 16.7 Å². The van der Waals surface area contributed by atoms with E-state index in [1.54, 1.807) is 0 Å². The van der Waals surface area contributed by atoms with Crippen LogP contribution in [-0.2, 0) is 0 Å². The van der Waals surface area contributed by atoms with Crippen LogP contribution in [0.4, 0.5) is 0 Å². The molecule has 0 aromatic rings. The number of aliphatic hydroxyl groups excluding tert-OH is 3. The van der Waals surface area contributed by atoms with Crippen molar-refractivity contribution < 1.29 is 15.3 Å². The highest BCUT2D eigenvalue weighted by molar-refractivity contribution is 7.76. The van der Waals surface area contributed by atoms with Crippen LogP contribution in [0.1, 0.15) is 72.6 Å². The van der Waals surface area contributed by atoms with Gasteiger partial charge in [-0.1, -0.05) is 28.9 Å². The van der Waals surface area contributed by atoms with Crippen LogP contribution in [0.15, 0.2) is 34.9 Å². The fraction of sp³-hybridized carbons (Fsp3) is 0.750. The van der Waals surface area contributed by atoms with E-state index in [4.69, 9.17) is 0 Å². The molecule has 0 spiro atoms. The van der Waals surface area contributed by atoms with Crippen LogP contribution in [0.3, 0.4) is 0 Å². The molecule has 28 heavy (non-hydrogen) atoms. The molecule has 0 radical (unpaired) electrons. The van der Waals surface area contributed by atoms with E-state index >= 15 is 0 Å². The number of hydrogen-bond donors (Lipinski definition) is 3. The van der Waals surface area contributed by atoms with E-state index in [0.717, 1.165) is 69.6 Å². The molecular formula is C24H46O3P+. The quantitative estimate of drug-likeness (QED) is 0.216. The smallest absolute Gasteiger partial charge is 0.0776 e. The maximum Gasteiger partial charge on any atom is 0.0776 e. The third-order valence-corrected chi connectivity index (χ3v) is 10.1. The molecule has 0 amide bonds. The van der Waals surface area contributed by atoms with Gasteiger partial charge in [0.2, 0.25) is 0 Å². The van der Waals surface area contributed by atoms with E-state index < -0.39 is 7.26 Å². The first-order valence-corrected chi connectivity index (χ1v) is 13.5. The van der Waals surface area contributed by atoms with Gasteiger partial charge in [0.25, 0.3) is 0 Å². The zero-order valence-electron chi connectivity index (χ0n) is 18.9. The number of allylic oxidation sites excluding steroid dienone is 6. The highest BCUT2D eigenvalue weighted by Gasteiger charge is 2.34. The van der Waals surface area contributed by atoms with Gasteiger partial charge in [-0.25, -0.2) is 0 Å². The van der Waals surface area contributed by atoms with Crippen LogP contribution in [0.25, 0.3) is 0 Å². The van der Waals surface area contributed by atoms with Crippen LogP contribution < -0.4 is 0 Å². The van der Waals surface area contributed by atoms with Gasteiger partial charge in [0, 0.05) is 46.3 Å². The lowest BCUT2D eigenvalue weighted by Gasteiger charge is -2.26. The van der Waals surface area contributed by atoms with Gasteiger partial charge in [-0.3, -0.25) is 0 Å². The normalized spacial score (nSPS) is 13.1. The van der Waals surface area contributed by atoms with Crippen molar-refractivity contribution in [2.75, 3.05) is 44.5 Å². The molecule has 0 fully saturated rings. The predicted molar refractivity (Wildman–Crippen MR) is 127 cm³/mol. The Kier molecular flexibility index (Phi) is 17.1. The van der Waals surface area contributed by atoms with Crippen LogP contribution >= 0.6 is 7.26 Å². The summed E-state index contributed by atoms with van der Waals surface area (Å²) in [5.74, 6) is 0. The Morgan fingerprint density at radius 2 is 1.07 bits per heavy atom. The van der Waals surface area contributed by atoms with E-state index in [-0.39, 0.29) is 19.8 Å². The minimum Gasteiger partial charge on any atom is -0.396 e. The number of hydrogen-bond acceptors (Lipinski definition) is 3. The van der Waals surface area contributed by atoms with Gasteiger partial charge in [-0.2, -0.15) is 0 Å². The van der Waals surface area contributed by atoms with Gasteiger partial charge in [-0.05, 0) is 59.5 Å². The average Bonchev–Trinajstić information content (AvgIpc) is 2.66. The minimum absolute atomic E-state index is 0.236. The first-order chi connectivity index (χ1) is 13.4. The summed E-state index contributed by atoms with van der Waals surface area (Å²) in [5, 5.41) is 27.9. The summed E-state index contributed by atoms with van der Waals surface area (Å²) in [4.78, 5) is 0. The topological polar surface area (TPSA) is 60.7 Å². The second-order valence-electron chi connectivity index (χ2n) is 8.39. The minimum atomic E-state index is -1.25. The van der Waals surface area contributed by atoms with Gasteiger partial charge >= 0.3 is 0 Å². The molecule has 0 rings (SSSR count). The molecule has 164 valence electrons. The second kappa shape index (κ2) is 17.4. The van der Waals surface area contributed by atoms with Gasteiger partial charge in [-0.15, -0.1) is 0 Å². The van der Waals surface area contributed by atoms with Crippen molar-refractivity contribution in [3.05, 3.63) is 34.9 Å². The number of aliphatic hydroxyl groups is 3. The van der Waals surface area contributed by atoms with Gasteiger partial charge in [0.1, 0.15) is 0 Å². The predicted octanol–water partition coefficient (Wildman–Crippen LogP) is 5.57. The Hall–Kier alpha value is -0.470. The summed E-state index contributed by atoms with van der Waals surface area (Å²) in [6.07, 6.45) is 18.4. The molecule has 0 aliphatic carbocycles. The summed E-state index contributed by atoms with van der Waals surface area (Å²) >= 11 is 0. The highest BCUT2D eigenvalue weighted by Crippen LogP contribution is 2.60. The Morgan fingerprint density at radius 1 is 0.643 bits per heavy atom. The molecule has 0 saturated carbocycles. The summed E-state index contributed by atoms with van der Waals surface area (Å²) < 4.78 is 0. The monoisotopic (exact) mass is 413 g/mol. The lowest BCUT2D eigenvalue weighted by Crippen LogP contribution is -2.14. The lowest BCUT2D eigenvalue weighted by molar-refractivity contribution is 0.292. The zero-order chi connectivity index (χ0) is 21.3. The van der Waals surface area contributed by atoms with Gasteiger partial charge in [0.05, 0.1) is 24.6 Å². The Labute approximate surface area is 175 Å². The van der Waals surface area contributed by atoms with Crippen LogP contribution in [-0.4, -0.2) is 59.8 Å². The van der Waals surface area contributed by atoms with Crippen molar-refractivity contribution in [3.8, 4) is 0 Å². The average molecular weight is 414 g/mol. The standard InChI is InChI=1S/C24H46O3P/c1-22(2)10-5-11-23(3)12-6-13-24(4)14-21-28(18-7-15-25,19-8-16-26)20-9-17-27/h10,12,14,25-27H,5-9,11,13,15-21H2,1-4H3/q+1/b23-12+,24-14+. The molecule has 3 N–H and O–H groups in total. The fourth-order valence-electron chi connectivity index (χ4n) is 3.52. The summed E-state index contributed by atoms with van der Waals surface area (Å²) in [6, 6.07) is 0. The first kappa shape index (κ1) is 27.5. The molecule has 0 aliphatic heterocycles. The summed E-state index contributed by atoms with van der Waals surface area (Å²) in [7, 11) is -1.25. The third kappa shape index (κ3) is 14.5. The van der Waals surface area contributed by atoms with Crippen molar-refractivity contribution in [1.82, 2.24) is 0 Å². The zero-order valence-corrected chi connectivity index (χ0v) is 19.8. The molecule has 0 bridgehead atoms. The van der Waals surface area contributed by atoms with Crippen molar-refractivity contribution in [3.63, 3.8) is 0 Å². The van der Waals surface area contributed by atoms with Crippen molar-refractivity contribution >= 4 is 7.26 Å². The van der Waals surface area contributed by atoms with Crippen molar-refractivity contribution in [1.29, 1.82) is 0 Å². The Morgan fingerprint density at radius 3 is 1.50 bits per heavy atom. The SMILES string of the molecule is CC(C)=CCC/C(C)=C/CC/C(C)=C/C[P+](CCCO)(CCCO)CCCO.